The molecule has 0 spiro atoms. The number of aliphatic hydroxyl groups is 2. The summed E-state index contributed by atoms with van der Waals surface area (Å²) in [6.45, 7) is 1.98. The lowest BCUT2D eigenvalue weighted by Crippen LogP contribution is -2.25. The molecule has 1 aromatic carbocycles. The van der Waals surface area contributed by atoms with Gasteiger partial charge in [0.25, 0.3) is 0 Å². The van der Waals surface area contributed by atoms with E-state index in [0.717, 1.165) is 0 Å². The standard InChI is InChI=1S/C13H17NO5/c1-2-19-13(18)9-5-3-8(4-6-9)12(17)10(15)7-11(14)16/h3-6,10,12,15,17H,2,7H2,1H3,(H2,14,16). The van der Waals surface area contributed by atoms with Gasteiger partial charge >= 0.3 is 5.97 Å². The molecule has 0 aromatic heterocycles. The van der Waals surface area contributed by atoms with Crippen molar-refractivity contribution in [3.63, 3.8) is 0 Å². The molecule has 2 atom stereocenters. The molecule has 1 rings (SSSR count). The lowest BCUT2D eigenvalue weighted by molar-refractivity contribution is -0.121. The molecule has 19 heavy (non-hydrogen) atoms. The van der Waals surface area contributed by atoms with E-state index in [1.54, 1.807) is 6.92 Å². The monoisotopic (exact) mass is 267 g/mol. The first-order valence-corrected chi connectivity index (χ1v) is 5.87. The number of hydrogen-bond donors (Lipinski definition) is 3. The van der Waals surface area contributed by atoms with Crippen molar-refractivity contribution in [3.8, 4) is 0 Å². The van der Waals surface area contributed by atoms with E-state index in [9.17, 15) is 19.8 Å². The number of primary amides is 1. The van der Waals surface area contributed by atoms with Gasteiger partial charge in [0.1, 0.15) is 6.10 Å². The van der Waals surface area contributed by atoms with Crippen molar-refractivity contribution in [1.82, 2.24) is 0 Å². The maximum Gasteiger partial charge on any atom is 0.338 e. The predicted molar refractivity (Wildman–Crippen MR) is 67.2 cm³/mol. The highest BCUT2D eigenvalue weighted by molar-refractivity contribution is 5.89. The molecule has 0 fully saturated rings. The molecule has 0 aliphatic heterocycles. The quantitative estimate of drug-likeness (QED) is 0.635. The van der Waals surface area contributed by atoms with Crippen LogP contribution in [0.1, 0.15) is 35.4 Å². The Morgan fingerprint density at radius 1 is 1.26 bits per heavy atom. The first-order chi connectivity index (χ1) is 8.95. The summed E-state index contributed by atoms with van der Waals surface area (Å²) >= 11 is 0. The van der Waals surface area contributed by atoms with E-state index in [1.807, 2.05) is 0 Å². The molecule has 104 valence electrons. The van der Waals surface area contributed by atoms with Crippen LogP contribution in [0.2, 0.25) is 0 Å². The van der Waals surface area contributed by atoms with Crippen molar-refractivity contribution in [2.24, 2.45) is 5.73 Å². The first-order valence-electron chi connectivity index (χ1n) is 5.87. The third-order valence-corrected chi connectivity index (χ3v) is 2.54. The first kappa shape index (κ1) is 15.1. The maximum absolute atomic E-state index is 11.4. The number of carbonyl (C=O) groups is 2. The molecule has 4 N–H and O–H groups in total. The van der Waals surface area contributed by atoms with E-state index in [0.29, 0.717) is 11.1 Å². The number of ether oxygens (including phenoxy) is 1. The molecular formula is C13H17NO5. The van der Waals surface area contributed by atoms with Gasteiger partial charge in [0.15, 0.2) is 0 Å². The molecule has 0 aliphatic carbocycles. The summed E-state index contributed by atoms with van der Waals surface area (Å²) in [4.78, 5) is 22.1. The van der Waals surface area contributed by atoms with Gasteiger partial charge in [-0.2, -0.15) is 0 Å². The third-order valence-electron chi connectivity index (χ3n) is 2.54. The van der Waals surface area contributed by atoms with Crippen LogP contribution < -0.4 is 5.73 Å². The average Bonchev–Trinajstić information content (AvgIpc) is 2.37. The second-order valence-corrected chi connectivity index (χ2v) is 4.03. The minimum atomic E-state index is -1.27. The summed E-state index contributed by atoms with van der Waals surface area (Å²) in [5.74, 6) is -1.16. The van der Waals surface area contributed by atoms with Gasteiger partial charge < -0.3 is 20.7 Å². The van der Waals surface area contributed by atoms with E-state index >= 15 is 0 Å². The summed E-state index contributed by atoms with van der Waals surface area (Å²) < 4.78 is 4.82. The minimum Gasteiger partial charge on any atom is -0.462 e. The van der Waals surface area contributed by atoms with Crippen LogP contribution >= 0.6 is 0 Å². The number of carbonyl (C=O) groups excluding carboxylic acids is 2. The van der Waals surface area contributed by atoms with Crippen molar-refractivity contribution >= 4 is 11.9 Å². The lowest BCUT2D eigenvalue weighted by atomic mass is 10.0. The Bertz CT molecular complexity index is 443. The largest absolute Gasteiger partial charge is 0.462 e. The van der Waals surface area contributed by atoms with Crippen LogP contribution in [-0.4, -0.2) is 34.8 Å². The van der Waals surface area contributed by atoms with Crippen molar-refractivity contribution in [2.75, 3.05) is 6.61 Å². The molecule has 6 nitrogen and oxygen atoms in total. The number of amides is 1. The Morgan fingerprint density at radius 3 is 2.32 bits per heavy atom. The van der Waals surface area contributed by atoms with E-state index in [4.69, 9.17) is 10.5 Å². The van der Waals surface area contributed by atoms with E-state index in [1.165, 1.54) is 24.3 Å². The zero-order chi connectivity index (χ0) is 14.4. The molecule has 0 saturated carbocycles. The van der Waals surface area contributed by atoms with Gasteiger partial charge in [0, 0.05) is 0 Å². The van der Waals surface area contributed by atoms with E-state index in [2.05, 4.69) is 0 Å². The van der Waals surface area contributed by atoms with Gasteiger partial charge in [-0.15, -0.1) is 0 Å². The molecule has 0 radical (unpaired) electrons. The second-order valence-electron chi connectivity index (χ2n) is 4.03. The molecule has 1 amide bonds. The normalized spacial score (nSPS) is 13.6. The fourth-order valence-electron chi connectivity index (χ4n) is 1.57. The number of aliphatic hydroxyl groups excluding tert-OH is 2. The third kappa shape index (κ3) is 4.35. The Morgan fingerprint density at radius 2 is 1.84 bits per heavy atom. The Labute approximate surface area is 110 Å². The Hall–Kier alpha value is -1.92. The van der Waals surface area contributed by atoms with Crippen LogP contribution in [0.4, 0.5) is 0 Å². The van der Waals surface area contributed by atoms with Crippen LogP contribution in [0.25, 0.3) is 0 Å². The fraction of sp³-hybridized carbons (Fsp3) is 0.385. The summed E-state index contributed by atoms with van der Waals surface area (Å²) in [6, 6.07) is 5.93. The van der Waals surface area contributed by atoms with Gasteiger partial charge in [-0.05, 0) is 24.6 Å². The number of nitrogens with two attached hydrogens (primary N) is 1. The summed E-state index contributed by atoms with van der Waals surface area (Å²) in [5, 5.41) is 19.4. The average molecular weight is 267 g/mol. The molecule has 2 unspecified atom stereocenters. The number of benzene rings is 1. The molecule has 0 bridgehead atoms. The van der Waals surface area contributed by atoms with Crippen LogP contribution in [0, 0.1) is 0 Å². The zero-order valence-electron chi connectivity index (χ0n) is 10.6. The number of hydrogen-bond acceptors (Lipinski definition) is 5. The molecule has 1 aromatic rings. The van der Waals surface area contributed by atoms with E-state index in [-0.39, 0.29) is 13.0 Å². The van der Waals surface area contributed by atoms with Crippen LogP contribution in [0.3, 0.4) is 0 Å². The molecular weight excluding hydrogens is 250 g/mol. The summed E-state index contributed by atoms with van der Waals surface area (Å²) in [6.07, 6.45) is -2.84. The zero-order valence-corrected chi connectivity index (χ0v) is 10.6. The summed E-state index contributed by atoms with van der Waals surface area (Å²) in [5.41, 5.74) is 5.67. The minimum absolute atomic E-state index is 0.278. The molecule has 6 heteroatoms. The Balaban J connectivity index is 2.75. The fourth-order valence-corrected chi connectivity index (χ4v) is 1.57. The highest BCUT2D eigenvalue weighted by atomic mass is 16.5. The van der Waals surface area contributed by atoms with Crippen molar-refractivity contribution < 1.29 is 24.5 Å². The number of esters is 1. The topological polar surface area (TPSA) is 110 Å². The number of rotatable bonds is 6. The van der Waals surface area contributed by atoms with Crippen LogP contribution in [0.15, 0.2) is 24.3 Å². The summed E-state index contributed by atoms with van der Waals surface area (Å²) in [7, 11) is 0. The van der Waals surface area contributed by atoms with Crippen LogP contribution in [0.5, 0.6) is 0 Å². The van der Waals surface area contributed by atoms with Gasteiger partial charge in [-0.25, -0.2) is 4.79 Å². The van der Waals surface area contributed by atoms with Crippen LogP contribution in [-0.2, 0) is 9.53 Å². The predicted octanol–water partition coefficient (Wildman–Crippen LogP) is 0.133. The second kappa shape index (κ2) is 6.86. The highest BCUT2D eigenvalue weighted by Gasteiger charge is 2.20. The maximum atomic E-state index is 11.4. The molecule has 0 heterocycles. The Kier molecular flexibility index (Phi) is 5.47. The smallest absolute Gasteiger partial charge is 0.338 e. The van der Waals surface area contributed by atoms with Crippen molar-refractivity contribution in [3.05, 3.63) is 35.4 Å². The lowest BCUT2D eigenvalue weighted by Gasteiger charge is -2.16. The molecule has 0 aliphatic rings. The van der Waals surface area contributed by atoms with Gasteiger partial charge in [0.2, 0.25) is 5.91 Å². The van der Waals surface area contributed by atoms with Gasteiger partial charge in [-0.1, -0.05) is 12.1 Å². The van der Waals surface area contributed by atoms with Gasteiger partial charge in [0.05, 0.1) is 24.7 Å². The highest BCUT2D eigenvalue weighted by Crippen LogP contribution is 2.19. The van der Waals surface area contributed by atoms with Gasteiger partial charge in [-0.3, -0.25) is 4.79 Å². The SMILES string of the molecule is CCOC(=O)c1ccc(C(O)C(O)CC(N)=O)cc1. The van der Waals surface area contributed by atoms with E-state index < -0.39 is 24.1 Å². The molecule has 0 saturated heterocycles. The van der Waals surface area contributed by atoms with Crippen molar-refractivity contribution in [2.45, 2.75) is 25.6 Å². The van der Waals surface area contributed by atoms with Crippen molar-refractivity contribution in [1.29, 1.82) is 0 Å².